The van der Waals surface area contributed by atoms with Crippen molar-refractivity contribution < 1.29 is 32.8 Å². The van der Waals surface area contributed by atoms with Crippen LogP contribution >= 0.6 is 15.9 Å². The molecule has 0 fully saturated rings. The number of halogens is 4. The lowest BCUT2D eigenvalue weighted by Gasteiger charge is -2.15. The van der Waals surface area contributed by atoms with Crippen LogP contribution in [0.1, 0.15) is 18.1 Å². The topological polar surface area (TPSA) is 94.2 Å². The van der Waals surface area contributed by atoms with Crippen LogP contribution in [0.3, 0.4) is 0 Å². The van der Waals surface area contributed by atoms with E-state index in [9.17, 15) is 23.3 Å². The molecule has 0 spiro atoms. The lowest BCUT2D eigenvalue weighted by molar-refractivity contribution is -0.385. The molecule has 0 bridgehead atoms. The first kappa shape index (κ1) is 20.5. The van der Waals surface area contributed by atoms with E-state index < -0.39 is 28.1 Å². The van der Waals surface area contributed by atoms with E-state index in [-0.39, 0.29) is 22.6 Å². The normalized spacial score (nSPS) is 11.6. The molecule has 0 aliphatic rings. The first-order chi connectivity index (χ1) is 12.7. The Morgan fingerprint density at radius 2 is 2.00 bits per heavy atom. The quantitative estimate of drug-likeness (QED) is 0.277. The van der Waals surface area contributed by atoms with Crippen molar-refractivity contribution in [3.63, 3.8) is 0 Å². The Bertz CT molecular complexity index is 887. The van der Waals surface area contributed by atoms with Crippen LogP contribution in [-0.4, -0.2) is 23.0 Å². The summed E-state index contributed by atoms with van der Waals surface area (Å²) in [6.45, 7) is 1.91. The van der Waals surface area contributed by atoms with Crippen LogP contribution in [0.2, 0.25) is 0 Å². The second kappa shape index (κ2) is 8.25. The molecule has 0 aliphatic carbocycles. The summed E-state index contributed by atoms with van der Waals surface area (Å²) in [5.41, 5.74) is -1.58. The second-order valence-corrected chi connectivity index (χ2v) is 5.90. The predicted octanol–water partition coefficient (Wildman–Crippen LogP) is 5.38. The smallest absolute Gasteiger partial charge is 0.416 e. The van der Waals surface area contributed by atoms with Gasteiger partial charge in [0, 0.05) is 11.6 Å². The Hall–Kier alpha value is -2.82. The Kier molecular flexibility index (Phi) is 6.26. The lowest BCUT2D eigenvalue weighted by atomic mass is 10.1. The molecule has 0 heterocycles. The van der Waals surface area contributed by atoms with Crippen LogP contribution < -0.4 is 9.47 Å². The van der Waals surface area contributed by atoms with Gasteiger partial charge in [-0.1, -0.05) is 5.16 Å². The third kappa shape index (κ3) is 4.88. The maximum absolute atomic E-state index is 12.8. The number of hydrogen-bond acceptors (Lipinski definition) is 6. The molecule has 11 heteroatoms. The largest absolute Gasteiger partial charge is 0.490 e. The fraction of sp³-hybridized carbons (Fsp3) is 0.188. The summed E-state index contributed by atoms with van der Waals surface area (Å²) in [4.78, 5) is 10.2. The summed E-state index contributed by atoms with van der Waals surface area (Å²) in [5, 5.41) is 22.7. The minimum Gasteiger partial charge on any atom is -0.490 e. The zero-order valence-electron chi connectivity index (χ0n) is 13.7. The summed E-state index contributed by atoms with van der Waals surface area (Å²) in [6.07, 6.45) is -3.61. The number of alkyl halides is 3. The van der Waals surface area contributed by atoms with Crippen LogP contribution in [0, 0.1) is 10.1 Å². The zero-order valence-corrected chi connectivity index (χ0v) is 15.2. The average molecular weight is 449 g/mol. The Labute approximate surface area is 159 Å². The standard InChI is InChI=1S/C16H12BrF3N2O5/c1-2-26-14-6-9(8-21-23)5-11(17)15(14)27-13-4-3-10(16(18,19)20)7-12(13)22(24)25/h3-8,23H,2H2,1H3/b21-8-. The van der Waals surface area contributed by atoms with Crippen molar-refractivity contribution in [3.8, 4) is 17.2 Å². The Morgan fingerprint density at radius 3 is 2.56 bits per heavy atom. The van der Waals surface area contributed by atoms with Gasteiger partial charge in [0.05, 0.1) is 27.8 Å². The van der Waals surface area contributed by atoms with Crippen molar-refractivity contribution in [1.29, 1.82) is 0 Å². The predicted molar refractivity (Wildman–Crippen MR) is 92.9 cm³/mol. The third-order valence-electron chi connectivity index (χ3n) is 3.23. The highest BCUT2D eigenvalue weighted by Crippen LogP contribution is 2.43. The molecule has 0 saturated heterocycles. The molecule has 0 saturated carbocycles. The molecular weight excluding hydrogens is 437 g/mol. The number of ether oxygens (including phenoxy) is 2. The van der Waals surface area contributed by atoms with E-state index in [0.717, 1.165) is 12.3 Å². The maximum Gasteiger partial charge on any atom is 0.416 e. The highest BCUT2D eigenvalue weighted by molar-refractivity contribution is 9.10. The van der Waals surface area contributed by atoms with Gasteiger partial charge < -0.3 is 14.7 Å². The first-order valence-electron chi connectivity index (χ1n) is 7.34. The van der Waals surface area contributed by atoms with E-state index in [1.165, 1.54) is 12.1 Å². The molecule has 2 rings (SSSR count). The number of benzene rings is 2. The molecule has 0 aliphatic heterocycles. The molecule has 7 nitrogen and oxygen atoms in total. The van der Waals surface area contributed by atoms with Crippen LogP contribution in [0.15, 0.2) is 40.0 Å². The van der Waals surface area contributed by atoms with Gasteiger partial charge in [0.2, 0.25) is 5.75 Å². The van der Waals surface area contributed by atoms with E-state index in [4.69, 9.17) is 14.7 Å². The summed E-state index contributed by atoms with van der Waals surface area (Å²) in [6, 6.07) is 4.87. The molecule has 2 aromatic rings. The average Bonchev–Trinajstić information content (AvgIpc) is 2.57. The molecule has 27 heavy (non-hydrogen) atoms. The van der Waals surface area contributed by atoms with E-state index in [1.807, 2.05) is 0 Å². The number of rotatable bonds is 6. The highest BCUT2D eigenvalue weighted by atomic mass is 79.9. The minimum absolute atomic E-state index is 0.0230. The van der Waals surface area contributed by atoms with Crippen molar-refractivity contribution in [2.75, 3.05) is 6.61 Å². The van der Waals surface area contributed by atoms with Gasteiger partial charge in [-0.3, -0.25) is 10.1 Å². The molecule has 0 unspecified atom stereocenters. The zero-order chi connectivity index (χ0) is 20.2. The number of oxime groups is 1. The molecule has 0 aromatic heterocycles. The summed E-state index contributed by atoms with van der Waals surface area (Å²) < 4.78 is 49.6. The van der Waals surface area contributed by atoms with Gasteiger partial charge in [-0.25, -0.2) is 0 Å². The molecular formula is C16H12BrF3N2O5. The van der Waals surface area contributed by atoms with Crippen molar-refractivity contribution >= 4 is 27.8 Å². The van der Waals surface area contributed by atoms with Crippen LogP contribution in [0.5, 0.6) is 17.2 Å². The van der Waals surface area contributed by atoms with Gasteiger partial charge in [0.1, 0.15) is 0 Å². The Morgan fingerprint density at radius 1 is 1.30 bits per heavy atom. The molecule has 1 N–H and O–H groups in total. The van der Waals surface area contributed by atoms with Gasteiger partial charge in [-0.05, 0) is 47.1 Å². The van der Waals surface area contributed by atoms with Gasteiger partial charge in [-0.15, -0.1) is 0 Å². The SMILES string of the molecule is CCOc1cc(/C=N\O)cc(Br)c1Oc1ccc(C(F)(F)F)cc1[N+](=O)[O-]. The fourth-order valence-electron chi connectivity index (χ4n) is 2.12. The van der Waals surface area contributed by atoms with Gasteiger partial charge >= 0.3 is 11.9 Å². The first-order valence-corrected chi connectivity index (χ1v) is 8.14. The van der Waals surface area contributed by atoms with Gasteiger partial charge in [0.25, 0.3) is 0 Å². The van der Waals surface area contributed by atoms with Crippen molar-refractivity contribution in [3.05, 3.63) is 56.0 Å². The van der Waals surface area contributed by atoms with E-state index in [2.05, 4.69) is 21.1 Å². The number of hydrogen-bond donors (Lipinski definition) is 1. The summed E-state index contributed by atoms with van der Waals surface area (Å²) in [7, 11) is 0. The fourth-order valence-corrected chi connectivity index (χ4v) is 2.66. The van der Waals surface area contributed by atoms with Gasteiger partial charge in [-0.2, -0.15) is 13.2 Å². The highest BCUT2D eigenvalue weighted by Gasteiger charge is 2.33. The molecule has 2 aromatic carbocycles. The molecule has 0 radical (unpaired) electrons. The van der Waals surface area contributed by atoms with E-state index >= 15 is 0 Å². The summed E-state index contributed by atoms with van der Waals surface area (Å²) >= 11 is 3.21. The third-order valence-corrected chi connectivity index (χ3v) is 3.82. The summed E-state index contributed by atoms with van der Waals surface area (Å²) in [5.74, 6) is -0.219. The molecule has 144 valence electrons. The van der Waals surface area contributed by atoms with Crippen LogP contribution in [-0.2, 0) is 6.18 Å². The van der Waals surface area contributed by atoms with Crippen LogP contribution in [0.4, 0.5) is 18.9 Å². The Balaban J connectivity index is 2.54. The molecule has 0 atom stereocenters. The van der Waals surface area contributed by atoms with Crippen LogP contribution in [0.25, 0.3) is 0 Å². The van der Waals surface area contributed by atoms with Crippen molar-refractivity contribution in [1.82, 2.24) is 0 Å². The lowest BCUT2D eigenvalue weighted by Crippen LogP contribution is -2.06. The number of nitrogens with zero attached hydrogens (tertiary/aromatic N) is 2. The maximum atomic E-state index is 12.8. The van der Waals surface area contributed by atoms with Crippen molar-refractivity contribution in [2.24, 2.45) is 5.16 Å². The number of nitro benzene ring substituents is 1. The monoisotopic (exact) mass is 448 g/mol. The number of nitro groups is 1. The van der Waals surface area contributed by atoms with E-state index in [1.54, 1.807) is 6.92 Å². The molecule has 0 amide bonds. The minimum atomic E-state index is -4.73. The van der Waals surface area contributed by atoms with Gasteiger partial charge in [0.15, 0.2) is 11.5 Å². The second-order valence-electron chi connectivity index (χ2n) is 5.05. The van der Waals surface area contributed by atoms with E-state index in [0.29, 0.717) is 17.7 Å². The van der Waals surface area contributed by atoms with Crippen molar-refractivity contribution in [2.45, 2.75) is 13.1 Å².